The summed E-state index contributed by atoms with van der Waals surface area (Å²) >= 11 is 7.70. The molecule has 6 atom stereocenters. The van der Waals surface area contributed by atoms with Crippen LogP contribution in [0.15, 0.2) is 47.6 Å². The van der Waals surface area contributed by atoms with Gasteiger partial charge in [0.05, 0.1) is 0 Å². The van der Waals surface area contributed by atoms with E-state index in [-0.39, 0.29) is 23.1 Å². The molecule has 3 nitrogen and oxygen atoms in total. The zero-order valence-corrected chi connectivity index (χ0v) is 18.8. The molecule has 1 aliphatic heterocycles. The van der Waals surface area contributed by atoms with Crippen molar-refractivity contribution in [2.75, 3.05) is 0 Å². The largest absolute Gasteiger partial charge is 0.352 e. The fraction of sp³-hybridized carbons (Fsp3) is 0.500. The Bertz CT molecular complexity index is 871. The van der Waals surface area contributed by atoms with Crippen molar-refractivity contribution in [2.24, 2.45) is 17.8 Å². The first-order chi connectivity index (χ1) is 14.0. The highest BCUT2D eigenvalue weighted by Crippen LogP contribution is 2.48. The monoisotopic (exact) mass is 428 g/mol. The van der Waals surface area contributed by atoms with E-state index >= 15 is 0 Å². The lowest BCUT2D eigenvalue weighted by atomic mass is 9.72. The topological polar surface area (TPSA) is 42.0 Å². The van der Waals surface area contributed by atoms with Crippen LogP contribution >= 0.6 is 23.4 Å². The van der Waals surface area contributed by atoms with Crippen LogP contribution in [0.25, 0.3) is 0 Å². The molecule has 29 heavy (non-hydrogen) atoms. The standard InChI is InChI=1S/C24H29ClN2OS/c1-4-16-13-14(2)12-15(3)21(16)27-23(28)22-20(17-7-9-18(25)10-8-17)19-6-5-11-26-24(19)29-22/h5-11,14-16,20-22H,4,12-13H2,1-3H3,(H,27,28). The summed E-state index contributed by atoms with van der Waals surface area (Å²) in [4.78, 5) is 18.1. The van der Waals surface area contributed by atoms with E-state index in [1.54, 1.807) is 11.8 Å². The van der Waals surface area contributed by atoms with Crippen LogP contribution in [-0.4, -0.2) is 22.2 Å². The molecule has 1 fully saturated rings. The highest BCUT2D eigenvalue weighted by atomic mass is 35.5. The van der Waals surface area contributed by atoms with Gasteiger partial charge in [0.15, 0.2) is 0 Å². The summed E-state index contributed by atoms with van der Waals surface area (Å²) in [6.07, 6.45) is 5.30. The predicted octanol–water partition coefficient (Wildman–Crippen LogP) is 5.92. The van der Waals surface area contributed by atoms with Gasteiger partial charge in [-0.05, 0) is 59.9 Å². The van der Waals surface area contributed by atoms with Crippen molar-refractivity contribution < 1.29 is 4.79 Å². The Morgan fingerprint density at radius 3 is 2.69 bits per heavy atom. The molecule has 0 spiro atoms. The molecule has 0 bridgehead atoms. The minimum atomic E-state index is -0.204. The summed E-state index contributed by atoms with van der Waals surface area (Å²) in [6.45, 7) is 6.87. The molecule has 6 unspecified atom stereocenters. The van der Waals surface area contributed by atoms with Crippen molar-refractivity contribution in [1.82, 2.24) is 10.3 Å². The van der Waals surface area contributed by atoms with Gasteiger partial charge in [-0.1, -0.05) is 68.8 Å². The lowest BCUT2D eigenvalue weighted by molar-refractivity contribution is -0.122. The van der Waals surface area contributed by atoms with E-state index in [9.17, 15) is 4.79 Å². The molecule has 1 saturated carbocycles. The van der Waals surface area contributed by atoms with Gasteiger partial charge in [-0.25, -0.2) is 4.98 Å². The molecule has 154 valence electrons. The summed E-state index contributed by atoms with van der Waals surface area (Å²) in [6, 6.07) is 12.2. The van der Waals surface area contributed by atoms with Crippen LogP contribution in [0.3, 0.4) is 0 Å². The summed E-state index contributed by atoms with van der Waals surface area (Å²) in [5.74, 6) is 1.93. The van der Waals surface area contributed by atoms with Gasteiger partial charge >= 0.3 is 0 Å². The summed E-state index contributed by atoms with van der Waals surface area (Å²) in [5.41, 5.74) is 2.25. The second-order valence-electron chi connectivity index (χ2n) is 8.72. The second kappa shape index (κ2) is 8.69. The average molecular weight is 429 g/mol. The Morgan fingerprint density at radius 2 is 1.97 bits per heavy atom. The number of halogens is 1. The quantitative estimate of drug-likeness (QED) is 0.657. The van der Waals surface area contributed by atoms with Crippen molar-refractivity contribution in [1.29, 1.82) is 0 Å². The van der Waals surface area contributed by atoms with Crippen LogP contribution in [0.1, 0.15) is 57.1 Å². The van der Waals surface area contributed by atoms with Crippen LogP contribution in [0.2, 0.25) is 5.02 Å². The maximum Gasteiger partial charge on any atom is 0.234 e. The Balaban J connectivity index is 1.60. The van der Waals surface area contributed by atoms with Crippen LogP contribution < -0.4 is 5.32 Å². The maximum atomic E-state index is 13.5. The van der Waals surface area contributed by atoms with Crippen LogP contribution in [0.5, 0.6) is 0 Å². The molecule has 2 heterocycles. The molecule has 1 amide bonds. The van der Waals surface area contributed by atoms with Gasteiger partial charge in [0.1, 0.15) is 10.3 Å². The van der Waals surface area contributed by atoms with E-state index < -0.39 is 0 Å². The number of fused-ring (bicyclic) bond motifs is 1. The highest BCUT2D eigenvalue weighted by molar-refractivity contribution is 8.01. The Kier molecular flexibility index (Phi) is 6.21. The Labute approximate surface area is 183 Å². The smallest absolute Gasteiger partial charge is 0.234 e. The third kappa shape index (κ3) is 4.20. The fourth-order valence-corrected chi connectivity index (χ4v) is 6.69. The Morgan fingerprint density at radius 1 is 1.21 bits per heavy atom. The molecular formula is C24H29ClN2OS. The third-order valence-electron chi connectivity index (χ3n) is 6.60. The summed E-state index contributed by atoms with van der Waals surface area (Å²) < 4.78 is 0. The number of hydrogen-bond donors (Lipinski definition) is 1. The Hall–Kier alpha value is -1.52. The molecule has 1 aromatic heterocycles. The number of benzene rings is 1. The highest BCUT2D eigenvalue weighted by Gasteiger charge is 2.42. The van der Waals surface area contributed by atoms with Gasteiger partial charge in [0, 0.05) is 23.2 Å². The molecule has 5 heteroatoms. The van der Waals surface area contributed by atoms with E-state index in [1.165, 1.54) is 12.8 Å². The first-order valence-corrected chi connectivity index (χ1v) is 11.9. The number of rotatable bonds is 4. The minimum Gasteiger partial charge on any atom is -0.352 e. The lowest BCUT2D eigenvalue weighted by Gasteiger charge is -2.40. The normalized spacial score (nSPS) is 31.3. The van der Waals surface area contributed by atoms with Gasteiger partial charge in [0.2, 0.25) is 5.91 Å². The molecule has 1 aliphatic carbocycles. The number of thioether (sulfide) groups is 1. The summed E-state index contributed by atoms with van der Waals surface area (Å²) in [7, 11) is 0. The van der Waals surface area contributed by atoms with Crippen molar-refractivity contribution in [3.8, 4) is 0 Å². The van der Waals surface area contributed by atoms with E-state index in [1.807, 2.05) is 36.5 Å². The first-order valence-electron chi connectivity index (χ1n) is 10.6. The number of nitrogens with one attached hydrogen (secondary N) is 1. The van der Waals surface area contributed by atoms with Crippen molar-refractivity contribution in [3.63, 3.8) is 0 Å². The van der Waals surface area contributed by atoms with Gasteiger partial charge < -0.3 is 5.32 Å². The van der Waals surface area contributed by atoms with Crippen LogP contribution in [0, 0.1) is 17.8 Å². The van der Waals surface area contributed by atoms with Gasteiger partial charge in [-0.2, -0.15) is 0 Å². The van der Waals surface area contributed by atoms with Crippen LogP contribution in [0.4, 0.5) is 0 Å². The van der Waals surface area contributed by atoms with E-state index in [4.69, 9.17) is 11.6 Å². The number of carbonyl (C=O) groups excluding carboxylic acids is 1. The molecule has 2 aromatic rings. The summed E-state index contributed by atoms with van der Waals surface area (Å²) in [5, 5.41) is 4.93. The molecule has 0 radical (unpaired) electrons. The number of pyridine rings is 1. The van der Waals surface area contributed by atoms with Gasteiger partial charge in [-0.3, -0.25) is 4.79 Å². The van der Waals surface area contributed by atoms with E-state index in [0.29, 0.717) is 16.9 Å². The molecule has 0 saturated heterocycles. The SMILES string of the molecule is CCC1CC(C)CC(C)C1NC(=O)C1Sc2ncccc2C1c1ccc(Cl)cc1. The number of amides is 1. The van der Waals surface area contributed by atoms with Crippen molar-refractivity contribution in [3.05, 3.63) is 58.7 Å². The average Bonchev–Trinajstić information content (AvgIpc) is 3.10. The van der Waals surface area contributed by atoms with Crippen LogP contribution in [-0.2, 0) is 4.79 Å². The van der Waals surface area contributed by atoms with Crippen molar-refractivity contribution >= 4 is 29.3 Å². The zero-order chi connectivity index (χ0) is 20.5. The third-order valence-corrected chi connectivity index (χ3v) is 8.15. The first kappa shape index (κ1) is 20.7. The number of nitrogens with zero attached hydrogens (tertiary/aromatic N) is 1. The molecule has 4 rings (SSSR count). The maximum absolute atomic E-state index is 13.5. The van der Waals surface area contributed by atoms with E-state index in [0.717, 1.165) is 28.5 Å². The van der Waals surface area contributed by atoms with Crippen molar-refractivity contribution in [2.45, 2.75) is 62.3 Å². The molecule has 2 aliphatic rings. The fourth-order valence-electron chi connectivity index (χ4n) is 5.25. The number of hydrogen-bond acceptors (Lipinski definition) is 3. The lowest BCUT2D eigenvalue weighted by Crippen LogP contribution is -2.50. The minimum absolute atomic E-state index is 0.00105. The molecule has 1 N–H and O–H groups in total. The van der Waals surface area contributed by atoms with Gasteiger partial charge in [0.25, 0.3) is 0 Å². The molecular weight excluding hydrogens is 400 g/mol. The number of aromatic nitrogens is 1. The van der Waals surface area contributed by atoms with E-state index in [2.05, 4.69) is 37.1 Å². The van der Waals surface area contributed by atoms with Gasteiger partial charge in [-0.15, -0.1) is 0 Å². The number of carbonyl (C=O) groups is 1. The molecule has 1 aromatic carbocycles. The zero-order valence-electron chi connectivity index (χ0n) is 17.3. The predicted molar refractivity (Wildman–Crippen MR) is 120 cm³/mol. The second-order valence-corrected chi connectivity index (χ2v) is 10.3.